The molecule has 0 aromatic heterocycles. The summed E-state index contributed by atoms with van der Waals surface area (Å²) >= 11 is 0. The van der Waals surface area contributed by atoms with E-state index in [4.69, 9.17) is 0 Å². The van der Waals surface area contributed by atoms with E-state index < -0.39 is 0 Å². The molecule has 154 valence electrons. The molecule has 3 amide bonds. The van der Waals surface area contributed by atoms with Crippen LogP contribution in [0.3, 0.4) is 0 Å². The molecule has 6 heteroatoms. The van der Waals surface area contributed by atoms with Crippen molar-refractivity contribution >= 4 is 17.6 Å². The zero-order valence-electron chi connectivity index (χ0n) is 17.2. The number of para-hydroxylation sites is 1. The molecule has 29 heavy (non-hydrogen) atoms. The molecule has 0 atom stereocenters. The van der Waals surface area contributed by atoms with Crippen molar-refractivity contribution in [3.63, 3.8) is 0 Å². The van der Waals surface area contributed by atoms with E-state index in [9.17, 15) is 9.59 Å². The average Bonchev–Trinajstić information content (AvgIpc) is 2.70. The second-order valence-electron chi connectivity index (χ2n) is 7.81. The van der Waals surface area contributed by atoms with Gasteiger partial charge in [0.05, 0.1) is 11.3 Å². The molecule has 1 aliphatic rings. The Morgan fingerprint density at radius 2 is 1.66 bits per heavy atom. The Labute approximate surface area is 172 Å². The van der Waals surface area contributed by atoms with Crippen LogP contribution in [0.4, 0.5) is 10.5 Å². The smallest absolute Gasteiger partial charge is 0.319 e. The van der Waals surface area contributed by atoms with Crippen LogP contribution in [0.25, 0.3) is 0 Å². The largest absolute Gasteiger partial charge is 0.349 e. The Kier molecular flexibility index (Phi) is 7.25. The zero-order valence-corrected chi connectivity index (χ0v) is 17.2. The number of amides is 3. The van der Waals surface area contributed by atoms with Crippen LogP contribution in [0.5, 0.6) is 0 Å². The van der Waals surface area contributed by atoms with E-state index in [-0.39, 0.29) is 24.0 Å². The highest BCUT2D eigenvalue weighted by atomic mass is 16.2. The molecule has 0 spiro atoms. The minimum absolute atomic E-state index is 0.0251. The van der Waals surface area contributed by atoms with E-state index >= 15 is 0 Å². The van der Waals surface area contributed by atoms with E-state index in [1.807, 2.05) is 32.0 Å². The minimum Gasteiger partial charge on any atom is -0.349 e. The molecule has 1 fully saturated rings. The lowest BCUT2D eigenvalue weighted by atomic mass is 10.0. The Hall–Kier alpha value is -2.86. The van der Waals surface area contributed by atoms with Gasteiger partial charge < -0.3 is 16.0 Å². The van der Waals surface area contributed by atoms with Crippen molar-refractivity contribution in [2.24, 2.45) is 0 Å². The number of benzene rings is 2. The number of hydrogen-bond donors (Lipinski definition) is 3. The first-order valence-corrected chi connectivity index (χ1v) is 10.2. The molecule has 1 aliphatic heterocycles. The summed E-state index contributed by atoms with van der Waals surface area (Å²) in [6.07, 6.45) is 1.84. The summed E-state index contributed by atoms with van der Waals surface area (Å²) in [4.78, 5) is 27.2. The van der Waals surface area contributed by atoms with Crippen LogP contribution < -0.4 is 16.0 Å². The average molecular weight is 395 g/mol. The number of nitrogens with one attached hydrogen (secondary N) is 3. The van der Waals surface area contributed by atoms with Crippen molar-refractivity contribution in [1.82, 2.24) is 15.5 Å². The highest BCUT2D eigenvalue weighted by Gasteiger charge is 2.22. The third kappa shape index (κ3) is 6.32. The summed E-state index contributed by atoms with van der Waals surface area (Å²) < 4.78 is 0. The van der Waals surface area contributed by atoms with Crippen molar-refractivity contribution in [3.8, 4) is 0 Å². The molecule has 1 saturated heterocycles. The van der Waals surface area contributed by atoms with Gasteiger partial charge >= 0.3 is 6.03 Å². The highest BCUT2D eigenvalue weighted by molar-refractivity contribution is 6.03. The van der Waals surface area contributed by atoms with E-state index in [2.05, 4.69) is 45.1 Å². The lowest BCUT2D eigenvalue weighted by Crippen LogP contribution is -2.44. The topological polar surface area (TPSA) is 73.5 Å². The summed E-state index contributed by atoms with van der Waals surface area (Å²) in [5.74, 6) is -0.146. The first-order chi connectivity index (χ1) is 14.0. The number of hydrogen-bond acceptors (Lipinski definition) is 3. The van der Waals surface area contributed by atoms with Crippen LogP contribution in [0, 0.1) is 0 Å². The third-order valence-electron chi connectivity index (χ3n) is 5.01. The van der Waals surface area contributed by atoms with Crippen LogP contribution in [0.15, 0.2) is 54.6 Å². The Morgan fingerprint density at radius 3 is 2.34 bits per heavy atom. The molecule has 0 saturated carbocycles. The van der Waals surface area contributed by atoms with Crippen LogP contribution >= 0.6 is 0 Å². The maximum atomic E-state index is 12.8. The molecule has 2 aromatic rings. The summed E-state index contributed by atoms with van der Waals surface area (Å²) in [7, 11) is 0. The van der Waals surface area contributed by atoms with Crippen LogP contribution in [-0.4, -0.2) is 42.0 Å². The zero-order chi connectivity index (χ0) is 20.6. The fourth-order valence-corrected chi connectivity index (χ4v) is 3.55. The summed E-state index contributed by atoms with van der Waals surface area (Å²) in [5.41, 5.74) is 2.32. The molecule has 1 heterocycles. The number of carbonyl (C=O) groups excluding carboxylic acids is 2. The second kappa shape index (κ2) is 10.1. The van der Waals surface area contributed by atoms with Crippen LogP contribution in [-0.2, 0) is 6.54 Å². The normalized spacial score (nSPS) is 15.1. The summed E-state index contributed by atoms with van der Waals surface area (Å²) in [5, 5.41) is 8.69. The van der Waals surface area contributed by atoms with Gasteiger partial charge in [-0.15, -0.1) is 0 Å². The minimum atomic E-state index is -0.311. The number of likely N-dealkylation sites (tertiary alicyclic amines) is 1. The molecule has 0 bridgehead atoms. The molecule has 3 rings (SSSR count). The Morgan fingerprint density at radius 1 is 1.00 bits per heavy atom. The predicted molar refractivity (Wildman–Crippen MR) is 116 cm³/mol. The van der Waals surface area contributed by atoms with Crippen LogP contribution in [0.1, 0.15) is 42.6 Å². The SMILES string of the molecule is CC(C)NC(=O)Nc1ccccc1C(=O)NC1CCN(Cc2ccccc2)CC1. The summed E-state index contributed by atoms with van der Waals surface area (Å²) in [6.45, 7) is 6.64. The van der Waals surface area contributed by atoms with Gasteiger partial charge in [0.25, 0.3) is 5.91 Å². The van der Waals surface area contributed by atoms with Gasteiger partial charge in [0.2, 0.25) is 0 Å². The quantitative estimate of drug-likeness (QED) is 0.701. The van der Waals surface area contributed by atoms with Gasteiger partial charge in [0.15, 0.2) is 0 Å². The van der Waals surface area contributed by atoms with Crippen molar-refractivity contribution in [2.45, 2.75) is 45.3 Å². The standard InChI is InChI=1S/C23H30N4O2/c1-17(2)24-23(29)26-21-11-7-6-10-20(21)22(28)25-19-12-14-27(15-13-19)16-18-8-4-3-5-9-18/h3-11,17,19H,12-16H2,1-2H3,(H,25,28)(H2,24,26,29). The second-order valence-corrected chi connectivity index (χ2v) is 7.81. The predicted octanol–water partition coefficient (Wildman–Crippen LogP) is 3.61. The van der Waals surface area contributed by atoms with Crippen molar-refractivity contribution in [2.75, 3.05) is 18.4 Å². The van der Waals surface area contributed by atoms with Gasteiger partial charge in [0.1, 0.15) is 0 Å². The molecular formula is C23H30N4O2. The fraction of sp³-hybridized carbons (Fsp3) is 0.391. The monoisotopic (exact) mass is 394 g/mol. The Balaban J connectivity index is 1.53. The number of piperidine rings is 1. The number of nitrogens with zero attached hydrogens (tertiary/aromatic N) is 1. The van der Waals surface area contributed by atoms with E-state index in [0.717, 1.165) is 32.5 Å². The van der Waals surface area contributed by atoms with E-state index in [0.29, 0.717) is 11.3 Å². The fourth-order valence-electron chi connectivity index (χ4n) is 3.55. The van der Waals surface area contributed by atoms with E-state index in [1.54, 1.807) is 12.1 Å². The van der Waals surface area contributed by atoms with Gasteiger partial charge in [-0.2, -0.15) is 0 Å². The lowest BCUT2D eigenvalue weighted by Gasteiger charge is -2.32. The van der Waals surface area contributed by atoms with Crippen molar-refractivity contribution in [1.29, 1.82) is 0 Å². The number of rotatable bonds is 6. The Bertz CT molecular complexity index is 815. The molecule has 6 nitrogen and oxygen atoms in total. The summed E-state index contributed by atoms with van der Waals surface area (Å²) in [6, 6.07) is 17.4. The van der Waals surface area contributed by atoms with Gasteiger partial charge in [-0.05, 0) is 44.4 Å². The first-order valence-electron chi connectivity index (χ1n) is 10.2. The maximum Gasteiger partial charge on any atom is 0.319 e. The van der Waals surface area contributed by atoms with Crippen LogP contribution in [0.2, 0.25) is 0 Å². The number of anilines is 1. The lowest BCUT2D eigenvalue weighted by molar-refractivity contribution is 0.0910. The third-order valence-corrected chi connectivity index (χ3v) is 5.01. The highest BCUT2D eigenvalue weighted by Crippen LogP contribution is 2.18. The first kappa shape index (κ1) is 20.9. The van der Waals surface area contributed by atoms with Gasteiger partial charge in [-0.1, -0.05) is 42.5 Å². The van der Waals surface area contributed by atoms with Gasteiger partial charge in [-0.3, -0.25) is 9.69 Å². The molecular weight excluding hydrogens is 364 g/mol. The number of carbonyl (C=O) groups is 2. The van der Waals surface area contributed by atoms with Crippen molar-refractivity contribution in [3.05, 3.63) is 65.7 Å². The molecule has 3 N–H and O–H groups in total. The van der Waals surface area contributed by atoms with Crippen molar-refractivity contribution < 1.29 is 9.59 Å². The molecule has 0 radical (unpaired) electrons. The molecule has 2 aromatic carbocycles. The van der Waals surface area contributed by atoms with Gasteiger partial charge in [-0.25, -0.2) is 4.79 Å². The molecule has 0 unspecified atom stereocenters. The van der Waals surface area contributed by atoms with Gasteiger partial charge in [0, 0.05) is 31.7 Å². The van der Waals surface area contributed by atoms with E-state index in [1.165, 1.54) is 5.56 Å². The molecule has 0 aliphatic carbocycles. The number of urea groups is 1. The maximum absolute atomic E-state index is 12.8.